The Morgan fingerprint density at radius 3 is 2.39 bits per heavy atom. The molecule has 1 aromatic carbocycles. The summed E-state index contributed by atoms with van der Waals surface area (Å²) in [6.45, 7) is 6.22. The number of anilines is 1. The highest BCUT2D eigenvalue weighted by Crippen LogP contribution is 2.21. The lowest BCUT2D eigenvalue weighted by atomic mass is 10.0. The molecule has 1 atom stereocenters. The first-order chi connectivity index (χ1) is 8.53. The number of hydrogen-bond acceptors (Lipinski definition) is 2. The molecular weight excluding hydrogens is 229 g/mol. The molecule has 0 fully saturated rings. The van der Waals surface area contributed by atoms with Crippen LogP contribution in [0.3, 0.4) is 0 Å². The molecule has 2 nitrogen and oxygen atoms in total. The van der Waals surface area contributed by atoms with Gasteiger partial charge in [0, 0.05) is 18.5 Å². The minimum Gasteiger partial charge on any atom is -0.374 e. The van der Waals surface area contributed by atoms with Crippen LogP contribution in [0.2, 0.25) is 0 Å². The van der Waals surface area contributed by atoms with Gasteiger partial charge in [0.05, 0.1) is 5.60 Å². The van der Waals surface area contributed by atoms with Gasteiger partial charge in [-0.25, -0.2) is 4.39 Å². The summed E-state index contributed by atoms with van der Waals surface area (Å²) in [4.78, 5) is 0. The van der Waals surface area contributed by atoms with E-state index in [1.165, 1.54) is 12.1 Å². The third-order valence-corrected chi connectivity index (χ3v) is 3.18. The molecule has 3 heteroatoms. The Morgan fingerprint density at radius 1 is 1.33 bits per heavy atom. The molecule has 18 heavy (non-hydrogen) atoms. The molecule has 0 bridgehead atoms. The predicted octanol–water partition coefficient (Wildman–Crippen LogP) is 4.35. The van der Waals surface area contributed by atoms with Gasteiger partial charge in [-0.15, -0.1) is 0 Å². The van der Waals surface area contributed by atoms with Gasteiger partial charge in [-0.2, -0.15) is 0 Å². The van der Waals surface area contributed by atoms with E-state index >= 15 is 0 Å². The molecular formula is C15H22FNO. The summed E-state index contributed by atoms with van der Waals surface area (Å²) >= 11 is 0. The van der Waals surface area contributed by atoms with Gasteiger partial charge in [0.2, 0.25) is 0 Å². The van der Waals surface area contributed by atoms with Crippen molar-refractivity contribution < 1.29 is 9.13 Å². The summed E-state index contributed by atoms with van der Waals surface area (Å²) < 4.78 is 18.3. The SMILES string of the molecule is CC/C(=C\C(C)(CC)OC)Nc1ccc(F)cc1. The number of methoxy groups -OCH3 is 1. The maximum atomic E-state index is 12.8. The van der Waals surface area contributed by atoms with E-state index in [1.54, 1.807) is 19.2 Å². The normalized spacial score (nSPS) is 15.3. The zero-order valence-electron chi connectivity index (χ0n) is 11.6. The largest absolute Gasteiger partial charge is 0.374 e. The summed E-state index contributed by atoms with van der Waals surface area (Å²) in [6.07, 6.45) is 3.87. The summed E-state index contributed by atoms with van der Waals surface area (Å²) in [5.74, 6) is -0.224. The quantitative estimate of drug-likeness (QED) is 0.811. The van der Waals surface area contributed by atoms with Gasteiger partial charge in [0.15, 0.2) is 0 Å². The molecule has 0 aliphatic carbocycles. The molecule has 1 N–H and O–H groups in total. The van der Waals surface area contributed by atoms with E-state index in [9.17, 15) is 4.39 Å². The molecule has 100 valence electrons. The third-order valence-electron chi connectivity index (χ3n) is 3.18. The van der Waals surface area contributed by atoms with Gasteiger partial charge >= 0.3 is 0 Å². The second kappa shape index (κ2) is 6.55. The van der Waals surface area contributed by atoms with E-state index in [-0.39, 0.29) is 11.4 Å². The van der Waals surface area contributed by atoms with Crippen molar-refractivity contribution in [1.29, 1.82) is 0 Å². The van der Waals surface area contributed by atoms with Crippen LogP contribution in [0, 0.1) is 5.82 Å². The van der Waals surface area contributed by atoms with Crippen LogP contribution in [0.1, 0.15) is 33.6 Å². The molecule has 0 saturated carbocycles. The van der Waals surface area contributed by atoms with E-state index in [2.05, 4.69) is 32.2 Å². The molecule has 1 unspecified atom stereocenters. The smallest absolute Gasteiger partial charge is 0.123 e. The van der Waals surface area contributed by atoms with E-state index in [0.717, 1.165) is 24.2 Å². The predicted molar refractivity (Wildman–Crippen MR) is 74.1 cm³/mol. The number of hydrogen-bond donors (Lipinski definition) is 1. The standard InChI is InChI=1S/C15H22FNO/c1-5-13(11-15(3,6-2)18-4)17-14-9-7-12(16)8-10-14/h7-11,17H,5-6H2,1-4H3/b13-11+. The minimum atomic E-state index is -0.266. The highest BCUT2D eigenvalue weighted by molar-refractivity contribution is 5.48. The Bertz CT molecular complexity index is 393. The first-order valence-corrected chi connectivity index (χ1v) is 6.32. The molecule has 0 heterocycles. The Morgan fingerprint density at radius 2 is 1.94 bits per heavy atom. The summed E-state index contributed by atoms with van der Waals surface area (Å²) in [5.41, 5.74) is 1.70. The van der Waals surface area contributed by atoms with Gasteiger partial charge in [-0.05, 0) is 50.1 Å². The van der Waals surface area contributed by atoms with Gasteiger partial charge in [0.1, 0.15) is 5.82 Å². The van der Waals surface area contributed by atoms with Gasteiger partial charge < -0.3 is 10.1 Å². The van der Waals surface area contributed by atoms with Crippen LogP contribution < -0.4 is 5.32 Å². The number of nitrogens with one attached hydrogen (secondary N) is 1. The van der Waals surface area contributed by atoms with Crippen LogP contribution >= 0.6 is 0 Å². The molecule has 0 saturated heterocycles. The maximum Gasteiger partial charge on any atom is 0.123 e. The van der Waals surface area contributed by atoms with Crippen LogP contribution in [-0.2, 0) is 4.74 Å². The third kappa shape index (κ3) is 4.15. The molecule has 0 spiro atoms. The zero-order chi connectivity index (χ0) is 13.6. The van der Waals surface area contributed by atoms with E-state index < -0.39 is 0 Å². The second-order valence-electron chi connectivity index (χ2n) is 4.53. The lowest BCUT2D eigenvalue weighted by molar-refractivity contribution is 0.0449. The number of allylic oxidation sites excluding steroid dienone is 1. The van der Waals surface area contributed by atoms with Crippen LogP contribution in [-0.4, -0.2) is 12.7 Å². The molecule has 1 aromatic rings. The van der Waals surface area contributed by atoms with Crippen molar-refractivity contribution in [3.8, 4) is 0 Å². The van der Waals surface area contributed by atoms with E-state index in [1.807, 2.05) is 0 Å². The van der Waals surface area contributed by atoms with Crippen molar-refractivity contribution in [3.63, 3.8) is 0 Å². The van der Waals surface area contributed by atoms with Crippen molar-refractivity contribution in [2.75, 3.05) is 12.4 Å². The summed E-state index contributed by atoms with van der Waals surface area (Å²) in [7, 11) is 1.71. The highest BCUT2D eigenvalue weighted by atomic mass is 19.1. The second-order valence-corrected chi connectivity index (χ2v) is 4.53. The number of halogens is 1. The Hall–Kier alpha value is -1.35. The average Bonchev–Trinajstić information content (AvgIpc) is 2.40. The molecule has 0 aliphatic rings. The molecule has 0 amide bonds. The zero-order valence-corrected chi connectivity index (χ0v) is 11.6. The maximum absolute atomic E-state index is 12.8. The van der Waals surface area contributed by atoms with E-state index in [0.29, 0.717) is 0 Å². The fraction of sp³-hybridized carbons (Fsp3) is 0.467. The molecule has 1 rings (SSSR count). The Labute approximate surface area is 109 Å². The fourth-order valence-corrected chi connectivity index (χ4v) is 1.62. The lowest BCUT2D eigenvalue weighted by Gasteiger charge is -2.24. The van der Waals surface area contributed by atoms with Gasteiger partial charge in [0.25, 0.3) is 0 Å². The van der Waals surface area contributed by atoms with Crippen LogP contribution in [0.25, 0.3) is 0 Å². The van der Waals surface area contributed by atoms with Crippen molar-refractivity contribution in [3.05, 3.63) is 41.9 Å². The van der Waals surface area contributed by atoms with Crippen molar-refractivity contribution >= 4 is 5.69 Å². The van der Waals surface area contributed by atoms with Crippen LogP contribution in [0.15, 0.2) is 36.0 Å². The lowest BCUT2D eigenvalue weighted by Crippen LogP contribution is -2.24. The Kier molecular flexibility index (Phi) is 5.35. The number of rotatable bonds is 6. The van der Waals surface area contributed by atoms with Gasteiger partial charge in [-0.1, -0.05) is 13.8 Å². The van der Waals surface area contributed by atoms with Crippen molar-refractivity contribution in [2.24, 2.45) is 0 Å². The monoisotopic (exact) mass is 251 g/mol. The van der Waals surface area contributed by atoms with Crippen LogP contribution in [0.4, 0.5) is 10.1 Å². The van der Waals surface area contributed by atoms with E-state index in [4.69, 9.17) is 4.74 Å². The first kappa shape index (κ1) is 14.7. The number of benzene rings is 1. The fourth-order valence-electron chi connectivity index (χ4n) is 1.62. The average molecular weight is 251 g/mol. The summed E-state index contributed by atoms with van der Waals surface area (Å²) in [6, 6.07) is 6.36. The minimum absolute atomic E-state index is 0.224. The van der Waals surface area contributed by atoms with Crippen LogP contribution in [0.5, 0.6) is 0 Å². The molecule has 0 radical (unpaired) electrons. The van der Waals surface area contributed by atoms with Crippen molar-refractivity contribution in [2.45, 2.75) is 39.2 Å². The summed E-state index contributed by atoms with van der Waals surface area (Å²) in [5, 5.41) is 3.29. The van der Waals surface area contributed by atoms with Crippen molar-refractivity contribution in [1.82, 2.24) is 0 Å². The topological polar surface area (TPSA) is 21.3 Å². The molecule has 0 aliphatic heterocycles. The van der Waals surface area contributed by atoms with Gasteiger partial charge in [-0.3, -0.25) is 0 Å². The molecule has 0 aromatic heterocycles. The number of ether oxygens (including phenoxy) is 1. The first-order valence-electron chi connectivity index (χ1n) is 6.32. The Balaban J connectivity index is 2.84. The highest BCUT2D eigenvalue weighted by Gasteiger charge is 2.18.